The van der Waals surface area contributed by atoms with Crippen LogP contribution in [0, 0.1) is 5.92 Å². The average molecular weight is 276 g/mol. The predicted octanol–water partition coefficient (Wildman–Crippen LogP) is 3.03. The molecule has 1 heterocycles. The average Bonchev–Trinajstić information content (AvgIpc) is 2.41. The van der Waals surface area contributed by atoms with Crippen LogP contribution < -0.4 is 10.5 Å². The van der Waals surface area contributed by atoms with Gasteiger partial charge in [-0.3, -0.25) is 4.90 Å². The number of rotatable bonds is 5. The van der Waals surface area contributed by atoms with Crippen LogP contribution in [0.4, 0.5) is 0 Å². The number of likely N-dealkylation sites (tertiary alicyclic amines) is 1. The Hall–Kier alpha value is -1.06. The number of ether oxygens (including phenoxy) is 1. The number of piperidine rings is 1. The first-order chi connectivity index (χ1) is 9.58. The zero-order valence-corrected chi connectivity index (χ0v) is 13.0. The molecular formula is C17H28N2O. The standard InChI is InChI=1S/C17H28N2O/c1-13(2)20-17-6-4-5-15(9-17)11-19-12-16(10-18)8-7-14(19)3/h4-6,9,13-14,16H,7-8,10-12,18H2,1-3H3. The largest absolute Gasteiger partial charge is 0.491 e. The first kappa shape index (κ1) is 15.3. The molecule has 1 aromatic carbocycles. The van der Waals surface area contributed by atoms with E-state index in [1.807, 2.05) is 6.07 Å². The second-order valence-corrected chi connectivity index (χ2v) is 6.27. The van der Waals surface area contributed by atoms with Gasteiger partial charge in [-0.25, -0.2) is 0 Å². The van der Waals surface area contributed by atoms with Crippen LogP contribution in [0.15, 0.2) is 24.3 Å². The minimum absolute atomic E-state index is 0.223. The van der Waals surface area contributed by atoms with E-state index in [9.17, 15) is 0 Å². The van der Waals surface area contributed by atoms with Crippen molar-refractivity contribution in [1.82, 2.24) is 4.90 Å². The highest BCUT2D eigenvalue weighted by molar-refractivity contribution is 5.28. The summed E-state index contributed by atoms with van der Waals surface area (Å²) in [7, 11) is 0. The molecule has 0 saturated carbocycles. The summed E-state index contributed by atoms with van der Waals surface area (Å²) in [5, 5.41) is 0. The van der Waals surface area contributed by atoms with Crippen molar-refractivity contribution in [2.45, 2.75) is 52.3 Å². The first-order valence-electron chi connectivity index (χ1n) is 7.78. The highest BCUT2D eigenvalue weighted by Crippen LogP contribution is 2.24. The van der Waals surface area contributed by atoms with Crippen molar-refractivity contribution in [2.24, 2.45) is 11.7 Å². The van der Waals surface area contributed by atoms with Crippen LogP contribution >= 0.6 is 0 Å². The lowest BCUT2D eigenvalue weighted by molar-refractivity contribution is 0.113. The SMILES string of the molecule is CC(C)Oc1cccc(CN2CC(CN)CCC2C)c1. The molecule has 2 rings (SSSR count). The van der Waals surface area contributed by atoms with Crippen molar-refractivity contribution in [3.8, 4) is 5.75 Å². The lowest BCUT2D eigenvalue weighted by Crippen LogP contribution is -2.43. The smallest absolute Gasteiger partial charge is 0.120 e. The van der Waals surface area contributed by atoms with Crippen LogP contribution in [0.2, 0.25) is 0 Å². The summed E-state index contributed by atoms with van der Waals surface area (Å²) in [6, 6.07) is 9.12. The Morgan fingerprint density at radius 2 is 2.15 bits per heavy atom. The van der Waals surface area contributed by atoms with Gasteiger partial charge in [0.2, 0.25) is 0 Å². The fourth-order valence-corrected chi connectivity index (χ4v) is 2.90. The second kappa shape index (κ2) is 7.09. The summed E-state index contributed by atoms with van der Waals surface area (Å²) in [5.74, 6) is 1.62. The predicted molar refractivity (Wildman–Crippen MR) is 83.9 cm³/mol. The Morgan fingerprint density at radius 3 is 2.85 bits per heavy atom. The third-order valence-electron chi connectivity index (χ3n) is 4.10. The maximum absolute atomic E-state index is 5.84. The maximum atomic E-state index is 5.84. The monoisotopic (exact) mass is 276 g/mol. The summed E-state index contributed by atoms with van der Waals surface area (Å²) >= 11 is 0. The van der Waals surface area contributed by atoms with Crippen molar-refractivity contribution in [1.29, 1.82) is 0 Å². The molecule has 2 unspecified atom stereocenters. The topological polar surface area (TPSA) is 38.5 Å². The summed E-state index contributed by atoms with van der Waals surface area (Å²) in [6.07, 6.45) is 2.75. The van der Waals surface area contributed by atoms with Crippen molar-refractivity contribution >= 4 is 0 Å². The molecular weight excluding hydrogens is 248 g/mol. The number of benzene rings is 1. The van der Waals surface area contributed by atoms with Gasteiger partial charge in [-0.2, -0.15) is 0 Å². The highest BCUT2D eigenvalue weighted by Gasteiger charge is 2.24. The van der Waals surface area contributed by atoms with Crippen LogP contribution in [-0.2, 0) is 6.54 Å². The molecule has 2 atom stereocenters. The van der Waals surface area contributed by atoms with Crippen LogP contribution in [0.3, 0.4) is 0 Å². The molecule has 0 spiro atoms. The Bertz CT molecular complexity index is 419. The van der Waals surface area contributed by atoms with E-state index >= 15 is 0 Å². The van der Waals surface area contributed by atoms with E-state index in [2.05, 4.69) is 43.9 Å². The van der Waals surface area contributed by atoms with Gasteiger partial charge in [-0.05, 0) is 63.8 Å². The van der Waals surface area contributed by atoms with Crippen LogP contribution in [0.25, 0.3) is 0 Å². The Labute approximate surface area is 123 Å². The molecule has 2 N–H and O–H groups in total. The third-order valence-corrected chi connectivity index (χ3v) is 4.10. The molecule has 1 aromatic rings. The van der Waals surface area contributed by atoms with Gasteiger partial charge in [0.05, 0.1) is 6.10 Å². The van der Waals surface area contributed by atoms with E-state index in [0.717, 1.165) is 25.4 Å². The molecule has 0 aromatic heterocycles. The molecule has 1 aliphatic heterocycles. The fourth-order valence-electron chi connectivity index (χ4n) is 2.90. The summed E-state index contributed by atoms with van der Waals surface area (Å²) in [4.78, 5) is 2.55. The molecule has 20 heavy (non-hydrogen) atoms. The zero-order chi connectivity index (χ0) is 14.5. The van der Waals surface area contributed by atoms with Gasteiger partial charge in [-0.1, -0.05) is 12.1 Å². The molecule has 0 aliphatic carbocycles. The van der Waals surface area contributed by atoms with Gasteiger partial charge in [0.15, 0.2) is 0 Å². The highest BCUT2D eigenvalue weighted by atomic mass is 16.5. The van der Waals surface area contributed by atoms with Gasteiger partial charge >= 0.3 is 0 Å². The van der Waals surface area contributed by atoms with Crippen molar-refractivity contribution in [3.63, 3.8) is 0 Å². The minimum Gasteiger partial charge on any atom is -0.491 e. The Kier molecular flexibility index (Phi) is 5.44. The fraction of sp³-hybridized carbons (Fsp3) is 0.647. The summed E-state index contributed by atoms with van der Waals surface area (Å²) < 4.78 is 5.77. The summed E-state index contributed by atoms with van der Waals surface area (Å²) in [5.41, 5.74) is 7.16. The molecule has 0 amide bonds. The van der Waals surface area contributed by atoms with E-state index in [-0.39, 0.29) is 6.10 Å². The normalized spacial score (nSPS) is 24.1. The van der Waals surface area contributed by atoms with Gasteiger partial charge in [0.25, 0.3) is 0 Å². The van der Waals surface area contributed by atoms with Crippen molar-refractivity contribution < 1.29 is 4.74 Å². The van der Waals surface area contributed by atoms with E-state index in [0.29, 0.717) is 12.0 Å². The molecule has 0 bridgehead atoms. The number of hydrogen-bond acceptors (Lipinski definition) is 3. The van der Waals surface area contributed by atoms with Crippen molar-refractivity contribution in [3.05, 3.63) is 29.8 Å². The zero-order valence-electron chi connectivity index (χ0n) is 13.0. The van der Waals surface area contributed by atoms with Gasteiger partial charge in [0.1, 0.15) is 5.75 Å². The number of hydrogen-bond donors (Lipinski definition) is 1. The number of nitrogens with zero attached hydrogens (tertiary/aromatic N) is 1. The minimum atomic E-state index is 0.223. The first-order valence-corrected chi connectivity index (χ1v) is 7.78. The van der Waals surface area contributed by atoms with Crippen LogP contribution in [-0.4, -0.2) is 30.1 Å². The molecule has 1 saturated heterocycles. The molecule has 1 fully saturated rings. The molecule has 3 nitrogen and oxygen atoms in total. The van der Waals surface area contributed by atoms with Gasteiger partial charge in [0, 0.05) is 19.1 Å². The van der Waals surface area contributed by atoms with Crippen molar-refractivity contribution in [2.75, 3.05) is 13.1 Å². The lowest BCUT2D eigenvalue weighted by Gasteiger charge is -2.37. The lowest BCUT2D eigenvalue weighted by atomic mass is 9.93. The second-order valence-electron chi connectivity index (χ2n) is 6.27. The van der Waals surface area contributed by atoms with E-state index in [1.54, 1.807) is 0 Å². The maximum Gasteiger partial charge on any atom is 0.120 e. The van der Waals surface area contributed by atoms with Gasteiger partial charge < -0.3 is 10.5 Å². The quantitative estimate of drug-likeness (QED) is 0.898. The molecule has 1 aliphatic rings. The van der Waals surface area contributed by atoms with E-state index < -0.39 is 0 Å². The summed E-state index contributed by atoms with van der Waals surface area (Å²) in [6.45, 7) is 9.36. The molecule has 0 radical (unpaired) electrons. The third kappa shape index (κ3) is 4.22. The van der Waals surface area contributed by atoms with Crippen LogP contribution in [0.1, 0.15) is 39.2 Å². The van der Waals surface area contributed by atoms with Crippen LogP contribution in [0.5, 0.6) is 5.75 Å². The molecule has 112 valence electrons. The number of nitrogens with two attached hydrogens (primary N) is 1. The van der Waals surface area contributed by atoms with Gasteiger partial charge in [-0.15, -0.1) is 0 Å². The van der Waals surface area contributed by atoms with E-state index in [4.69, 9.17) is 10.5 Å². The Balaban J connectivity index is 2.01. The van der Waals surface area contributed by atoms with E-state index in [1.165, 1.54) is 18.4 Å². The molecule has 3 heteroatoms. The Morgan fingerprint density at radius 1 is 1.35 bits per heavy atom.